The molecule has 2 aliphatic carbocycles. The molecular weight excluding hydrogens is 692 g/mol. The smallest absolute Gasteiger partial charge is 0.312 e. The van der Waals surface area contributed by atoms with E-state index in [2.05, 4.69) is 6.58 Å². The van der Waals surface area contributed by atoms with E-state index in [1.165, 1.54) is 13.8 Å². The van der Waals surface area contributed by atoms with Crippen molar-refractivity contribution in [2.24, 2.45) is 29.1 Å². The zero-order chi connectivity index (χ0) is 38.4. The average Bonchev–Trinajstić information content (AvgIpc) is 3.74. The number of alkyl halides is 1. The van der Waals surface area contributed by atoms with Crippen molar-refractivity contribution < 1.29 is 67.0 Å². The van der Waals surface area contributed by atoms with Crippen molar-refractivity contribution in [1.29, 1.82) is 0 Å². The molecule has 0 bridgehead atoms. The van der Waals surface area contributed by atoms with Gasteiger partial charge in [-0.05, 0) is 31.6 Å². The summed E-state index contributed by atoms with van der Waals surface area (Å²) in [6.07, 6.45) is -9.16. The molecule has 1 spiro atoms. The van der Waals surface area contributed by atoms with Crippen LogP contribution in [0.15, 0.2) is 12.2 Å². The number of halogens is 1. The molecule has 0 radical (unpaired) electrons. The summed E-state index contributed by atoms with van der Waals surface area (Å²) < 4.78 is 42.3. The van der Waals surface area contributed by atoms with Crippen molar-refractivity contribution in [3.63, 3.8) is 0 Å². The quantitative estimate of drug-likeness (QED) is 0.119. The fourth-order valence-electron chi connectivity index (χ4n) is 8.22. The van der Waals surface area contributed by atoms with E-state index in [1.54, 1.807) is 34.6 Å². The van der Waals surface area contributed by atoms with Crippen LogP contribution in [0.5, 0.6) is 0 Å². The predicted molar refractivity (Wildman–Crippen MR) is 178 cm³/mol. The SMILES string of the molecule is C=C1CC[C@H](OC(C)=O)[C@@]2(C)C(OC(C)=O)C(OC(=O)CC(C)C)C(OC(=O)CC(C)C)C3(CO3)C2C(OC(C)=O)C2(O)C(C)C(=O)OC2C1Cl. The summed E-state index contributed by atoms with van der Waals surface area (Å²) in [5, 5.41) is 11.7. The Bertz CT molecular complexity index is 1420. The van der Waals surface area contributed by atoms with Gasteiger partial charge in [-0.3, -0.25) is 28.8 Å². The van der Waals surface area contributed by atoms with E-state index >= 15 is 0 Å². The van der Waals surface area contributed by atoms with Crippen molar-refractivity contribution in [2.45, 2.75) is 141 Å². The maximum absolute atomic E-state index is 13.5. The Balaban J connectivity index is 2.13. The van der Waals surface area contributed by atoms with Gasteiger partial charge in [0.25, 0.3) is 0 Å². The third-order valence-electron chi connectivity index (χ3n) is 10.5. The number of hydrogen-bond acceptors (Lipinski definition) is 14. The van der Waals surface area contributed by atoms with E-state index in [4.69, 9.17) is 44.8 Å². The lowest BCUT2D eigenvalue weighted by atomic mass is 9.51. The Hall–Kier alpha value is -3.23. The van der Waals surface area contributed by atoms with E-state index in [9.17, 15) is 33.9 Å². The summed E-state index contributed by atoms with van der Waals surface area (Å²) in [6.45, 7) is 17.5. The van der Waals surface area contributed by atoms with Gasteiger partial charge in [-0.25, -0.2) is 0 Å². The first-order chi connectivity index (χ1) is 23.6. The minimum absolute atomic E-state index is 0.00557. The third-order valence-corrected chi connectivity index (χ3v) is 11.1. The second-order valence-electron chi connectivity index (χ2n) is 15.4. The number of epoxide rings is 1. The number of carbonyl (C=O) groups excluding carboxylic acids is 6. The predicted octanol–water partition coefficient (Wildman–Crippen LogP) is 3.35. The molecule has 4 rings (SSSR count). The fraction of sp³-hybridized carbons (Fsp3) is 0.778. The molecule has 15 heteroatoms. The number of hydrogen-bond donors (Lipinski definition) is 1. The molecule has 0 aromatic carbocycles. The summed E-state index contributed by atoms with van der Waals surface area (Å²) in [5.74, 6) is -7.73. The van der Waals surface area contributed by atoms with Gasteiger partial charge in [-0.1, -0.05) is 46.8 Å². The number of esters is 6. The number of carbonyl (C=O) groups is 6. The Kier molecular flexibility index (Phi) is 11.9. The highest BCUT2D eigenvalue weighted by atomic mass is 35.5. The van der Waals surface area contributed by atoms with Gasteiger partial charge >= 0.3 is 35.8 Å². The Labute approximate surface area is 303 Å². The Morgan fingerprint density at radius 2 is 1.39 bits per heavy atom. The lowest BCUT2D eigenvalue weighted by molar-refractivity contribution is -0.286. The maximum Gasteiger partial charge on any atom is 0.312 e. The van der Waals surface area contributed by atoms with Gasteiger partial charge in [0.15, 0.2) is 30.0 Å². The van der Waals surface area contributed by atoms with Gasteiger partial charge < -0.3 is 38.3 Å². The van der Waals surface area contributed by atoms with E-state index in [0.29, 0.717) is 5.57 Å². The molecule has 0 amide bonds. The van der Waals surface area contributed by atoms with Crippen LogP contribution < -0.4 is 0 Å². The number of rotatable bonds is 9. The van der Waals surface area contributed by atoms with Gasteiger partial charge in [0.1, 0.15) is 17.8 Å². The number of ether oxygens (including phenoxy) is 7. The van der Waals surface area contributed by atoms with Crippen LogP contribution in [0, 0.1) is 29.1 Å². The zero-order valence-electron chi connectivity index (χ0n) is 30.7. The van der Waals surface area contributed by atoms with Crippen molar-refractivity contribution in [2.75, 3.05) is 6.61 Å². The second kappa shape index (κ2) is 15.0. The van der Waals surface area contributed by atoms with Crippen LogP contribution in [0.3, 0.4) is 0 Å². The Morgan fingerprint density at radius 3 is 1.88 bits per heavy atom. The topological polar surface area (TPSA) is 191 Å². The highest BCUT2D eigenvalue weighted by Crippen LogP contribution is 2.64. The minimum Gasteiger partial charge on any atom is -0.462 e. The molecule has 14 nitrogen and oxygen atoms in total. The number of aliphatic hydroxyl groups is 1. The molecule has 286 valence electrons. The molecule has 2 saturated heterocycles. The molecule has 4 fully saturated rings. The third kappa shape index (κ3) is 7.64. The lowest BCUT2D eigenvalue weighted by Crippen LogP contribution is -2.76. The molecule has 2 saturated carbocycles. The summed E-state index contributed by atoms with van der Waals surface area (Å²) in [7, 11) is 0. The van der Waals surface area contributed by atoms with Gasteiger partial charge in [0.2, 0.25) is 0 Å². The molecule has 2 aliphatic heterocycles. The van der Waals surface area contributed by atoms with Crippen LogP contribution in [-0.2, 0) is 61.9 Å². The Morgan fingerprint density at radius 1 is 0.882 bits per heavy atom. The lowest BCUT2D eigenvalue weighted by Gasteiger charge is -2.60. The molecule has 10 unspecified atom stereocenters. The highest BCUT2D eigenvalue weighted by Gasteiger charge is 2.81. The highest BCUT2D eigenvalue weighted by molar-refractivity contribution is 6.23. The fourth-order valence-corrected chi connectivity index (χ4v) is 8.58. The second-order valence-corrected chi connectivity index (χ2v) is 15.8. The molecule has 12 atom stereocenters. The monoisotopic (exact) mass is 742 g/mol. The van der Waals surface area contributed by atoms with Gasteiger partial charge in [0.05, 0.1) is 23.3 Å². The van der Waals surface area contributed by atoms with Crippen LogP contribution in [0.1, 0.15) is 88.0 Å². The standard InChI is InChI=1S/C36H51ClO14/c1-16(2)13-24(41)49-27-30(47-21(8)39)34(10)23(46-20(7)38)12-11-18(5)26(37)29-36(44,19(6)33(43)51-29)32(48-22(9)40)28(34)35(15-45-35)31(27)50-25(42)14-17(3)4/h16-17,19,23,26-32,44H,5,11-15H2,1-4,6-10H3/t19?,23-,26?,27?,28?,29?,30?,31?,32?,34+,35?,36?/m0/s1. The van der Waals surface area contributed by atoms with Gasteiger partial charge in [-0.2, -0.15) is 0 Å². The van der Waals surface area contributed by atoms with Crippen molar-refractivity contribution in [3.05, 3.63) is 12.2 Å². The summed E-state index contributed by atoms with van der Waals surface area (Å²) in [5.41, 5.74) is -5.57. The first-order valence-electron chi connectivity index (χ1n) is 17.4. The van der Waals surface area contributed by atoms with Crippen molar-refractivity contribution in [3.8, 4) is 0 Å². The summed E-state index contributed by atoms with van der Waals surface area (Å²) in [4.78, 5) is 79.3. The minimum atomic E-state index is -2.39. The first kappa shape index (κ1) is 40.5. The molecule has 51 heavy (non-hydrogen) atoms. The molecular formula is C36H51ClO14. The molecule has 0 aromatic rings. The largest absolute Gasteiger partial charge is 0.462 e. The molecule has 1 N–H and O–H groups in total. The van der Waals surface area contributed by atoms with Crippen LogP contribution in [-0.4, -0.2) is 101 Å². The zero-order valence-corrected chi connectivity index (χ0v) is 31.5. The van der Waals surface area contributed by atoms with Crippen LogP contribution in [0.2, 0.25) is 0 Å². The molecule has 2 heterocycles. The normalized spacial score (nSPS) is 39.0. The van der Waals surface area contributed by atoms with Crippen molar-refractivity contribution in [1.82, 2.24) is 0 Å². The first-order valence-corrected chi connectivity index (χ1v) is 17.8. The van der Waals surface area contributed by atoms with Crippen LogP contribution in [0.4, 0.5) is 0 Å². The van der Waals surface area contributed by atoms with Crippen LogP contribution >= 0.6 is 11.6 Å². The van der Waals surface area contributed by atoms with Crippen molar-refractivity contribution >= 4 is 47.4 Å². The molecule has 0 aromatic heterocycles. The van der Waals surface area contributed by atoms with Gasteiger partial charge in [-0.15, -0.1) is 11.6 Å². The van der Waals surface area contributed by atoms with E-state index in [1.807, 2.05) is 0 Å². The summed E-state index contributed by atoms with van der Waals surface area (Å²) >= 11 is 6.90. The average molecular weight is 743 g/mol. The maximum atomic E-state index is 13.5. The van der Waals surface area contributed by atoms with E-state index in [0.717, 1.165) is 13.8 Å². The summed E-state index contributed by atoms with van der Waals surface area (Å²) in [6, 6.07) is 0. The van der Waals surface area contributed by atoms with E-state index in [-0.39, 0.29) is 44.1 Å². The molecule has 4 aliphatic rings. The van der Waals surface area contributed by atoms with Crippen LogP contribution in [0.25, 0.3) is 0 Å². The van der Waals surface area contributed by atoms with E-state index < -0.39 is 106 Å². The van der Waals surface area contributed by atoms with Gasteiger partial charge in [0, 0.05) is 39.5 Å². The number of fused-ring (bicyclic) bond motifs is 3.